The van der Waals surface area contributed by atoms with Crippen LogP contribution in [0, 0.1) is 11.8 Å². The average Bonchev–Trinajstić information content (AvgIpc) is 2.73. The number of rotatable bonds is 8. The third-order valence-electron chi connectivity index (χ3n) is 5.12. The van der Waals surface area contributed by atoms with E-state index in [-0.39, 0.29) is 17.4 Å². The summed E-state index contributed by atoms with van der Waals surface area (Å²) >= 11 is 0. The highest BCUT2D eigenvalue weighted by atomic mass is 32.2. The maximum Gasteiger partial charge on any atom is 0.262 e. The first kappa shape index (κ1) is 23.1. The number of anilines is 1. The van der Waals surface area contributed by atoms with Gasteiger partial charge in [-0.3, -0.25) is 4.79 Å². The van der Waals surface area contributed by atoms with E-state index in [1.54, 1.807) is 34.6 Å². The highest BCUT2D eigenvalue weighted by Crippen LogP contribution is 2.28. The summed E-state index contributed by atoms with van der Waals surface area (Å²) in [5.74, 6) is 1.40. The number of hydrogen-bond donors (Lipinski definition) is 1. The van der Waals surface area contributed by atoms with Gasteiger partial charge < -0.3 is 14.8 Å². The molecule has 1 fully saturated rings. The Labute approximate surface area is 184 Å². The predicted molar refractivity (Wildman–Crippen MR) is 120 cm³/mol. The molecule has 2 unspecified atom stereocenters. The fraction of sp³-hybridized carbons (Fsp3) is 0.435. The summed E-state index contributed by atoms with van der Waals surface area (Å²) in [5, 5.41) is 2.72. The van der Waals surface area contributed by atoms with Gasteiger partial charge in [-0.1, -0.05) is 26.0 Å². The first-order chi connectivity index (χ1) is 14.8. The number of nitrogens with one attached hydrogen (secondary N) is 1. The average molecular weight is 447 g/mol. The molecule has 2 aromatic rings. The van der Waals surface area contributed by atoms with E-state index in [0.29, 0.717) is 48.7 Å². The Morgan fingerprint density at radius 1 is 1.00 bits per heavy atom. The lowest BCUT2D eigenvalue weighted by atomic mass is 9.94. The molecule has 1 N–H and O–H groups in total. The van der Waals surface area contributed by atoms with Gasteiger partial charge in [0.05, 0.1) is 11.5 Å². The van der Waals surface area contributed by atoms with Gasteiger partial charge in [-0.05, 0) is 61.6 Å². The van der Waals surface area contributed by atoms with Crippen molar-refractivity contribution in [1.82, 2.24) is 4.31 Å². The van der Waals surface area contributed by atoms with Crippen LogP contribution in [0.4, 0.5) is 5.69 Å². The maximum absolute atomic E-state index is 13.0. The second-order valence-corrected chi connectivity index (χ2v) is 9.95. The van der Waals surface area contributed by atoms with Crippen LogP contribution in [0.5, 0.6) is 11.5 Å². The Balaban J connectivity index is 1.59. The molecule has 31 heavy (non-hydrogen) atoms. The van der Waals surface area contributed by atoms with Crippen molar-refractivity contribution in [2.75, 3.05) is 31.6 Å². The zero-order valence-electron chi connectivity index (χ0n) is 18.2. The van der Waals surface area contributed by atoms with Gasteiger partial charge in [0.25, 0.3) is 5.91 Å². The van der Waals surface area contributed by atoms with Gasteiger partial charge in [0.2, 0.25) is 10.0 Å². The van der Waals surface area contributed by atoms with Gasteiger partial charge >= 0.3 is 0 Å². The third-order valence-corrected chi connectivity index (χ3v) is 6.96. The third kappa shape index (κ3) is 5.98. The molecule has 0 spiro atoms. The molecule has 0 aliphatic carbocycles. The molecule has 8 heteroatoms. The fourth-order valence-electron chi connectivity index (χ4n) is 3.85. The van der Waals surface area contributed by atoms with E-state index >= 15 is 0 Å². The summed E-state index contributed by atoms with van der Waals surface area (Å²) in [7, 11) is -3.55. The summed E-state index contributed by atoms with van der Waals surface area (Å²) in [6.45, 7) is 7.40. The van der Waals surface area contributed by atoms with Crippen LogP contribution in [0.25, 0.3) is 0 Å². The second-order valence-electron chi connectivity index (χ2n) is 8.01. The van der Waals surface area contributed by atoms with Crippen LogP contribution < -0.4 is 14.8 Å². The number of nitrogens with zero attached hydrogens (tertiary/aromatic N) is 1. The van der Waals surface area contributed by atoms with Crippen LogP contribution in [0.15, 0.2) is 53.4 Å². The number of carbonyl (C=O) groups excluding carboxylic acids is 1. The molecule has 1 aliphatic rings. The Morgan fingerprint density at radius 3 is 2.16 bits per heavy atom. The lowest BCUT2D eigenvalue weighted by Crippen LogP contribution is -2.42. The van der Waals surface area contributed by atoms with Crippen LogP contribution >= 0.6 is 0 Å². The molecule has 168 valence electrons. The zero-order chi connectivity index (χ0) is 22.4. The number of benzene rings is 2. The Morgan fingerprint density at radius 2 is 1.58 bits per heavy atom. The number of carbonyl (C=O) groups is 1. The molecule has 0 radical (unpaired) electrons. The van der Waals surface area contributed by atoms with Gasteiger partial charge in [0.1, 0.15) is 0 Å². The van der Waals surface area contributed by atoms with Crippen molar-refractivity contribution in [3.05, 3.63) is 48.5 Å². The molecule has 1 aliphatic heterocycles. The minimum atomic E-state index is -3.55. The van der Waals surface area contributed by atoms with Crippen molar-refractivity contribution >= 4 is 21.6 Å². The molecule has 2 aromatic carbocycles. The van der Waals surface area contributed by atoms with E-state index in [1.807, 2.05) is 13.0 Å². The minimum absolute atomic E-state index is 0.187. The van der Waals surface area contributed by atoms with Gasteiger partial charge in [0, 0.05) is 18.8 Å². The SMILES string of the molecule is CCOc1ccccc1OCC(=O)Nc1ccc(S(=O)(=O)N2CC(C)CC(C)C2)cc1. The predicted octanol–water partition coefficient (Wildman–Crippen LogP) is 3.77. The number of para-hydroxylation sites is 2. The summed E-state index contributed by atoms with van der Waals surface area (Å²) in [5.41, 5.74) is 0.506. The van der Waals surface area contributed by atoms with Gasteiger partial charge in [-0.2, -0.15) is 4.31 Å². The van der Waals surface area contributed by atoms with E-state index in [1.165, 1.54) is 12.1 Å². The van der Waals surface area contributed by atoms with Gasteiger partial charge in [-0.15, -0.1) is 0 Å². The first-order valence-corrected chi connectivity index (χ1v) is 12.0. The van der Waals surface area contributed by atoms with Crippen LogP contribution in [0.2, 0.25) is 0 Å². The molecule has 0 aromatic heterocycles. The topological polar surface area (TPSA) is 84.9 Å². The molecule has 1 saturated heterocycles. The monoisotopic (exact) mass is 446 g/mol. The first-order valence-electron chi connectivity index (χ1n) is 10.5. The minimum Gasteiger partial charge on any atom is -0.490 e. The van der Waals surface area contributed by atoms with Crippen molar-refractivity contribution in [3.8, 4) is 11.5 Å². The number of amides is 1. The highest BCUT2D eigenvalue weighted by Gasteiger charge is 2.31. The molecule has 1 heterocycles. The van der Waals surface area contributed by atoms with Gasteiger partial charge in [-0.25, -0.2) is 8.42 Å². The zero-order valence-corrected chi connectivity index (χ0v) is 19.0. The van der Waals surface area contributed by atoms with Crippen molar-refractivity contribution < 1.29 is 22.7 Å². The smallest absolute Gasteiger partial charge is 0.262 e. The van der Waals surface area contributed by atoms with Crippen LogP contribution in [0.3, 0.4) is 0 Å². The van der Waals surface area contributed by atoms with E-state index in [4.69, 9.17) is 9.47 Å². The molecular formula is C23H30N2O5S. The standard InChI is InChI=1S/C23H30N2O5S/c1-4-29-21-7-5-6-8-22(21)30-16-23(26)24-19-9-11-20(12-10-19)31(27,28)25-14-17(2)13-18(3)15-25/h5-12,17-18H,4,13-16H2,1-3H3,(H,24,26). The maximum atomic E-state index is 13.0. The quantitative estimate of drug-likeness (QED) is 0.667. The lowest BCUT2D eigenvalue weighted by Gasteiger charge is -2.34. The summed E-state index contributed by atoms with van der Waals surface area (Å²) in [4.78, 5) is 12.5. The van der Waals surface area contributed by atoms with Crippen LogP contribution in [0.1, 0.15) is 27.2 Å². The number of sulfonamides is 1. The number of piperidine rings is 1. The summed E-state index contributed by atoms with van der Waals surface area (Å²) in [6.07, 6.45) is 1.04. The molecule has 2 atom stereocenters. The largest absolute Gasteiger partial charge is 0.490 e. The Bertz CT molecular complexity index is 981. The highest BCUT2D eigenvalue weighted by molar-refractivity contribution is 7.89. The van der Waals surface area contributed by atoms with Crippen LogP contribution in [-0.4, -0.2) is 44.9 Å². The molecule has 1 amide bonds. The van der Waals surface area contributed by atoms with Crippen molar-refractivity contribution in [2.45, 2.75) is 32.1 Å². The Kier molecular flexibility index (Phi) is 7.56. The molecule has 3 rings (SSSR count). The second kappa shape index (κ2) is 10.2. The molecule has 0 bridgehead atoms. The van der Waals surface area contributed by atoms with E-state index < -0.39 is 10.0 Å². The number of ether oxygens (including phenoxy) is 2. The van der Waals surface area contributed by atoms with E-state index in [0.717, 1.165) is 6.42 Å². The summed E-state index contributed by atoms with van der Waals surface area (Å²) in [6, 6.07) is 13.4. The van der Waals surface area contributed by atoms with Crippen LogP contribution in [-0.2, 0) is 14.8 Å². The van der Waals surface area contributed by atoms with Crippen molar-refractivity contribution in [2.24, 2.45) is 11.8 Å². The van der Waals surface area contributed by atoms with Gasteiger partial charge in [0.15, 0.2) is 18.1 Å². The van der Waals surface area contributed by atoms with E-state index in [9.17, 15) is 13.2 Å². The summed E-state index contributed by atoms with van der Waals surface area (Å²) < 4.78 is 38.5. The normalized spacial score (nSPS) is 19.6. The fourth-order valence-corrected chi connectivity index (χ4v) is 5.53. The van der Waals surface area contributed by atoms with Crippen molar-refractivity contribution in [1.29, 1.82) is 0 Å². The molecule has 7 nitrogen and oxygen atoms in total. The molecular weight excluding hydrogens is 416 g/mol. The Hall–Kier alpha value is -2.58. The number of hydrogen-bond acceptors (Lipinski definition) is 5. The molecule has 0 saturated carbocycles. The van der Waals surface area contributed by atoms with E-state index in [2.05, 4.69) is 19.2 Å². The van der Waals surface area contributed by atoms with Crippen molar-refractivity contribution in [3.63, 3.8) is 0 Å². The lowest BCUT2D eigenvalue weighted by molar-refractivity contribution is -0.118.